The Morgan fingerprint density at radius 1 is 0.870 bits per heavy atom. The number of hydrogen-bond donors (Lipinski definition) is 1. The highest BCUT2D eigenvalue weighted by atomic mass is 16.6. The summed E-state index contributed by atoms with van der Waals surface area (Å²) in [6.07, 6.45) is 6.05. The van der Waals surface area contributed by atoms with Gasteiger partial charge in [0.25, 0.3) is 5.91 Å². The van der Waals surface area contributed by atoms with E-state index in [0.717, 1.165) is 40.6 Å². The number of fused-ring (bicyclic) bond motifs is 1. The van der Waals surface area contributed by atoms with Crippen LogP contribution in [0.15, 0.2) is 67.0 Å². The topological polar surface area (TPSA) is 126 Å². The predicted molar refractivity (Wildman–Crippen MR) is 173 cm³/mol. The number of aromatic amines is 1. The Kier molecular flexibility index (Phi) is 8.71. The van der Waals surface area contributed by atoms with E-state index in [4.69, 9.17) is 9.72 Å². The van der Waals surface area contributed by atoms with Crippen LogP contribution in [0.2, 0.25) is 0 Å². The summed E-state index contributed by atoms with van der Waals surface area (Å²) in [4.78, 5) is 67.5. The molecular formula is C36H39N5O5. The number of amides is 2. The lowest BCUT2D eigenvalue weighted by atomic mass is 10.0. The van der Waals surface area contributed by atoms with Gasteiger partial charge in [0, 0.05) is 43.9 Å². The van der Waals surface area contributed by atoms with Gasteiger partial charge >= 0.3 is 6.09 Å². The van der Waals surface area contributed by atoms with E-state index in [1.807, 2.05) is 63.2 Å². The maximum absolute atomic E-state index is 13.3. The fourth-order valence-electron chi connectivity index (χ4n) is 6.36. The van der Waals surface area contributed by atoms with Gasteiger partial charge in [0.2, 0.25) is 0 Å². The highest BCUT2D eigenvalue weighted by Crippen LogP contribution is 2.26. The van der Waals surface area contributed by atoms with Crippen molar-refractivity contribution in [3.63, 3.8) is 0 Å². The zero-order valence-corrected chi connectivity index (χ0v) is 26.5. The van der Waals surface area contributed by atoms with Crippen molar-refractivity contribution in [3.8, 4) is 11.4 Å². The summed E-state index contributed by atoms with van der Waals surface area (Å²) in [7, 11) is 0. The van der Waals surface area contributed by atoms with E-state index in [0.29, 0.717) is 37.3 Å². The zero-order chi connectivity index (χ0) is 32.4. The molecule has 10 nitrogen and oxygen atoms in total. The third kappa shape index (κ3) is 6.85. The highest BCUT2D eigenvalue weighted by Gasteiger charge is 2.36. The predicted octanol–water partition coefficient (Wildman–Crippen LogP) is 5.55. The fourth-order valence-corrected chi connectivity index (χ4v) is 6.36. The maximum Gasteiger partial charge on any atom is 0.410 e. The summed E-state index contributed by atoms with van der Waals surface area (Å²) >= 11 is 0. The van der Waals surface area contributed by atoms with Crippen molar-refractivity contribution in [3.05, 3.63) is 83.7 Å². The van der Waals surface area contributed by atoms with Crippen LogP contribution in [-0.2, 0) is 27.2 Å². The van der Waals surface area contributed by atoms with Crippen molar-refractivity contribution < 1.29 is 23.9 Å². The number of ketones is 2. The van der Waals surface area contributed by atoms with Crippen molar-refractivity contribution in [1.29, 1.82) is 0 Å². The minimum absolute atomic E-state index is 0.00486. The standard InChI is InChI=1S/C36H39N5O5/c1-36(2,3)46-35(45)41-18-6-9-30(41)32(43)21-24-12-15-27-28(19-24)39-33(38-27)25-13-10-23(11-14-25)20-31(42)29-8-5-17-40(29)34(44)26-7-4-16-37-22-26/h4,7,10-16,19,22,29-30H,5-6,8-9,17-18,20-21H2,1-3H3,(H,38,39)/t29-,30-/m0/s1. The number of ether oxygens (including phenoxy) is 1. The van der Waals surface area contributed by atoms with Crippen LogP contribution >= 0.6 is 0 Å². The van der Waals surface area contributed by atoms with Gasteiger partial charge in [-0.05, 0) is 81.8 Å². The number of likely N-dealkylation sites (tertiary alicyclic amines) is 2. The zero-order valence-electron chi connectivity index (χ0n) is 26.5. The molecule has 0 radical (unpaired) electrons. The molecule has 2 saturated heterocycles. The molecule has 1 N–H and O–H groups in total. The average molecular weight is 622 g/mol. The number of nitrogens with one attached hydrogen (secondary N) is 1. The smallest absolute Gasteiger partial charge is 0.410 e. The molecule has 2 aliphatic heterocycles. The Morgan fingerprint density at radius 3 is 2.20 bits per heavy atom. The van der Waals surface area contributed by atoms with Crippen LogP contribution < -0.4 is 0 Å². The van der Waals surface area contributed by atoms with Crippen molar-refractivity contribution >= 4 is 34.6 Å². The third-order valence-corrected chi connectivity index (χ3v) is 8.58. The van der Waals surface area contributed by atoms with E-state index >= 15 is 0 Å². The van der Waals surface area contributed by atoms with Gasteiger partial charge in [-0.15, -0.1) is 0 Å². The van der Waals surface area contributed by atoms with Gasteiger partial charge in [-0.25, -0.2) is 9.78 Å². The summed E-state index contributed by atoms with van der Waals surface area (Å²) in [5.74, 6) is 0.556. The molecular weight excluding hydrogens is 582 g/mol. The highest BCUT2D eigenvalue weighted by molar-refractivity contribution is 5.98. The lowest BCUT2D eigenvalue weighted by molar-refractivity contribution is -0.123. The Hall–Kier alpha value is -4.86. The monoisotopic (exact) mass is 621 g/mol. The van der Waals surface area contributed by atoms with E-state index in [1.54, 1.807) is 28.1 Å². The fraction of sp³-hybridized carbons (Fsp3) is 0.389. The van der Waals surface area contributed by atoms with Crippen molar-refractivity contribution in [2.75, 3.05) is 13.1 Å². The van der Waals surface area contributed by atoms with E-state index in [2.05, 4.69) is 9.97 Å². The van der Waals surface area contributed by atoms with Crippen LogP contribution in [-0.4, -0.2) is 79.1 Å². The van der Waals surface area contributed by atoms with Gasteiger partial charge in [-0.2, -0.15) is 0 Å². The molecule has 2 fully saturated rings. The number of Topliss-reactive ketones (excluding diaryl/α,β-unsaturated/α-hetero) is 2. The molecule has 46 heavy (non-hydrogen) atoms. The Balaban J connectivity index is 1.09. The number of imidazole rings is 1. The van der Waals surface area contributed by atoms with Crippen molar-refractivity contribution in [2.45, 2.75) is 77.0 Å². The van der Waals surface area contributed by atoms with Gasteiger partial charge in [0.15, 0.2) is 11.6 Å². The summed E-state index contributed by atoms with van der Waals surface area (Å²) in [6.45, 7) is 6.55. The molecule has 2 aromatic heterocycles. The van der Waals surface area contributed by atoms with Crippen LogP contribution in [0.4, 0.5) is 4.79 Å². The SMILES string of the molecule is CC(C)(C)OC(=O)N1CCC[C@H]1C(=O)Cc1ccc2nc(-c3ccc(CC(=O)[C@@H]4CCCN4C(=O)c4cccnc4)cc3)[nH]c2c1. The molecule has 0 bridgehead atoms. The van der Waals surface area contributed by atoms with Crippen molar-refractivity contribution in [2.24, 2.45) is 0 Å². The number of H-pyrrole nitrogens is 1. The van der Waals surface area contributed by atoms with Crippen LogP contribution in [0, 0.1) is 0 Å². The molecule has 4 heterocycles. The molecule has 2 aromatic carbocycles. The van der Waals surface area contributed by atoms with Crippen molar-refractivity contribution in [1.82, 2.24) is 24.8 Å². The number of nitrogens with zero attached hydrogens (tertiary/aromatic N) is 4. The summed E-state index contributed by atoms with van der Waals surface area (Å²) < 4.78 is 5.52. The second kappa shape index (κ2) is 12.9. The summed E-state index contributed by atoms with van der Waals surface area (Å²) in [5, 5.41) is 0. The quantitative estimate of drug-likeness (QED) is 0.273. The molecule has 2 atom stereocenters. The lowest BCUT2D eigenvalue weighted by Gasteiger charge is -2.28. The first-order valence-corrected chi connectivity index (χ1v) is 15.9. The second-order valence-electron chi connectivity index (χ2n) is 13.2. The molecule has 0 spiro atoms. The van der Waals surface area contributed by atoms with Gasteiger partial charge in [-0.3, -0.25) is 24.3 Å². The molecule has 4 aromatic rings. The number of hydrogen-bond acceptors (Lipinski definition) is 7. The normalized spacial score (nSPS) is 18.2. The van der Waals surface area contributed by atoms with E-state index in [1.165, 1.54) is 6.20 Å². The Bertz CT molecular complexity index is 1760. The van der Waals surface area contributed by atoms with Crippen LogP contribution in [0.3, 0.4) is 0 Å². The molecule has 10 heteroatoms. The summed E-state index contributed by atoms with van der Waals surface area (Å²) in [5.41, 5.74) is 4.07. The van der Waals surface area contributed by atoms with Gasteiger partial charge < -0.3 is 14.6 Å². The van der Waals surface area contributed by atoms with Gasteiger partial charge in [0.05, 0.1) is 28.7 Å². The number of rotatable bonds is 8. The Morgan fingerprint density at radius 2 is 1.52 bits per heavy atom. The largest absolute Gasteiger partial charge is 0.444 e. The first-order chi connectivity index (χ1) is 22.1. The third-order valence-electron chi connectivity index (χ3n) is 8.58. The minimum Gasteiger partial charge on any atom is -0.444 e. The van der Waals surface area contributed by atoms with Crippen LogP contribution in [0.1, 0.15) is 67.9 Å². The van der Waals surface area contributed by atoms with Gasteiger partial charge in [-0.1, -0.05) is 30.3 Å². The molecule has 0 unspecified atom stereocenters. The number of aromatic nitrogens is 3. The molecule has 0 saturated carbocycles. The number of carbonyl (C=O) groups is 4. The molecule has 238 valence electrons. The molecule has 0 aliphatic carbocycles. The number of pyridine rings is 1. The number of carbonyl (C=O) groups excluding carboxylic acids is 4. The number of benzene rings is 2. The minimum atomic E-state index is -0.617. The van der Waals surface area contributed by atoms with E-state index in [9.17, 15) is 19.2 Å². The summed E-state index contributed by atoms with van der Waals surface area (Å²) in [6, 6.07) is 16.0. The molecule has 6 rings (SSSR count). The molecule has 2 aliphatic rings. The average Bonchev–Trinajstić information content (AvgIpc) is 3.80. The van der Waals surface area contributed by atoms with E-state index in [-0.39, 0.29) is 30.3 Å². The first kappa shape index (κ1) is 31.1. The second-order valence-corrected chi connectivity index (χ2v) is 13.2. The van der Waals surface area contributed by atoms with E-state index < -0.39 is 23.8 Å². The molecule has 2 amide bonds. The van der Waals surface area contributed by atoms with Gasteiger partial charge in [0.1, 0.15) is 11.4 Å². The van der Waals surface area contributed by atoms with Crippen LogP contribution in [0.5, 0.6) is 0 Å². The lowest BCUT2D eigenvalue weighted by Crippen LogP contribution is -2.43. The van der Waals surface area contributed by atoms with Crippen LogP contribution in [0.25, 0.3) is 22.4 Å². The first-order valence-electron chi connectivity index (χ1n) is 15.9. The maximum atomic E-state index is 13.3. The Labute approximate surface area is 268 Å².